The predicted molar refractivity (Wildman–Crippen MR) is 71.7 cm³/mol. The fraction of sp³-hybridized carbons (Fsp3) is 1.00. The highest BCUT2D eigenvalue weighted by Crippen LogP contribution is 2.69. The molecule has 0 saturated carbocycles. The van der Waals surface area contributed by atoms with Crippen molar-refractivity contribution in [2.75, 3.05) is 39.5 Å². The fourth-order valence-electron chi connectivity index (χ4n) is 1.61. The molecule has 0 spiro atoms. The van der Waals surface area contributed by atoms with E-state index in [-0.39, 0.29) is 6.54 Å². The molecule has 1 aliphatic rings. The molecular formula is C9H21NO9P2. The van der Waals surface area contributed by atoms with Gasteiger partial charge in [0.05, 0.1) is 25.9 Å². The first-order chi connectivity index (χ1) is 9.47. The van der Waals surface area contributed by atoms with Crippen LogP contribution < -0.4 is 0 Å². The number of aliphatic hydroxyl groups is 2. The van der Waals surface area contributed by atoms with Gasteiger partial charge in [0.15, 0.2) is 0 Å². The Hall–Kier alpha value is 0.140. The van der Waals surface area contributed by atoms with Crippen molar-refractivity contribution in [2.45, 2.75) is 18.1 Å². The van der Waals surface area contributed by atoms with E-state index < -0.39 is 33.0 Å². The minimum absolute atomic E-state index is 0.154. The summed E-state index contributed by atoms with van der Waals surface area (Å²) in [6.07, 6.45) is -1.14. The number of morpholine rings is 1. The number of nitrogens with zero attached hydrogens (tertiary/aromatic N) is 1. The molecule has 12 heteroatoms. The standard InChI is InChI=1S/C9H21NO9P2/c1-9(12,20(13,14)15)21(16,17)19-7-8(11)6-10-2-4-18-5-3-10/h8,11-12H,2-7H2,1H3,(H,16,17)(H2,13,14,15)/t8-,9-/m1/s1. The molecule has 10 nitrogen and oxygen atoms in total. The Morgan fingerprint density at radius 2 is 1.81 bits per heavy atom. The smallest absolute Gasteiger partial charge is 0.371 e. The second-order valence-corrected chi connectivity index (χ2v) is 9.38. The van der Waals surface area contributed by atoms with Crippen LogP contribution in [0.25, 0.3) is 0 Å². The molecule has 3 atom stereocenters. The molecule has 1 rings (SSSR count). The number of hydrogen-bond donors (Lipinski definition) is 5. The lowest BCUT2D eigenvalue weighted by Gasteiger charge is -2.31. The van der Waals surface area contributed by atoms with Crippen LogP contribution in [0.2, 0.25) is 0 Å². The molecule has 1 unspecified atom stereocenters. The van der Waals surface area contributed by atoms with Crippen LogP contribution in [0.3, 0.4) is 0 Å². The molecule has 5 N–H and O–H groups in total. The normalized spacial score (nSPS) is 25.0. The van der Waals surface area contributed by atoms with Gasteiger partial charge in [-0.2, -0.15) is 0 Å². The summed E-state index contributed by atoms with van der Waals surface area (Å²) in [5, 5.41) is 16.0. The van der Waals surface area contributed by atoms with Crippen LogP contribution in [0.1, 0.15) is 6.92 Å². The minimum atomic E-state index is -5.28. The zero-order chi connectivity index (χ0) is 16.3. The van der Waals surface area contributed by atoms with Crippen LogP contribution in [0.4, 0.5) is 0 Å². The molecule has 1 heterocycles. The third-order valence-corrected chi connectivity index (χ3v) is 7.31. The van der Waals surface area contributed by atoms with Gasteiger partial charge in [-0.3, -0.25) is 14.0 Å². The van der Waals surface area contributed by atoms with Gasteiger partial charge in [0.1, 0.15) is 0 Å². The molecule has 0 radical (unpaired) electrons. The largest absolute Gasteiger partial charge is 0.389 e. The summed E-state index contributed by atoms with van der Waals surface area (Å²) in [6, 6.07) is 0. The van der Waals surface area contributed by atoms with Crippen LogP contribution >= 0.6 is 15.2 Å². The molecule has 0 aromatic carbocycles. The van der Waals surface area contributed by atoms with Gasteiger partial charge in [-0.15, -0.1) is 0 Å². The zero-order valence-electron chi connectivity index (χ0n) is 11.5. The molecule has 1 saturated heterocycles. The molecule has 0 aliphatic carbocycles. The van der Waals surface area contributed by atoms with Crippen LogP contribution in [0, 0.1) is 0 Å². The maximum atomic E-state index is 11.7. The van der Waals surface area contributed by atoms with Crippen LogP contribution in [0.15, 0.2) is 0 Å². The third-order valence-electron chi connectivity index (χ3n) is 3.10. The van der Waals surface area contributed by atoms with E-state index in [1.165, 1.54) is 0 Å². The van der Waals surface area contributed by atoms with E-state index in [2.05, 4.69) is 4.52 Å². The van der Waals surface area contributed by atoms with Crippen molar-refractivity contribution in [1.82, 2.24) is 4.90 Å². The summed E-state index contributed by atoms with van der Waals surface area (Å²) >= 11 is 0. The molecule has 0 bridgehead atoms. The SMILES string of the molecule is C[C@@](O)(P(=O)(O)O)P(=O)(O)OC[C@H](O)CN1CCOCC1. The Kier molecular flexibility index (Phi) is 6.53. The lowest BCUT2D eigenvalue weighted by molar-refractivity contribution is 0.00158. The van der Waals surface area contributed by atoms with Crippen molar-refractivity contribution in [3.8, 4) is 0 Å². The van der Waals surface area contributed by atoms with Gasteiger partial charge in [0, 0.05) is 19.6 Å². The minimum Gasteiger partial charge on any atom is -0.389 e. The number of ether oxygens (including phenoxy) is 1. The van der Waals surface area contributed by atoms with E-state index in [1.807, 2.05) is 4.90 Å². The van der Waals surface area contributed by atoms with Gasteiger partial charge in [0.25, 0.3) is 5.08 Å². The van der Waals surface area contributed by atoms with Crippen molar-refractivity contribution in [3.05, 3.63) is 0 Å². The summed E-state index contributed by atoms with van der Waals surface area (Å²) in [5.74, 6) is 0. The Morgan fingerprint density at radius 1 is 1.29 bits per heavy atom. The van der Waals surface area contributed by atoms with Crippen LogP contribution in [-0.2, 0) is 18.4 Å². The molecule has 0 amide bonds. The first kappa shape index (κ1) is 19.2. The average molecular weight is 349 g/mol. The van der Waals surface area contributed by atoms with Crippen molar-refractivity contribution in [1.29, 1.82) is 0 Å². The maximum absolute atomic E-state index is 11.7. The van der Waals surface area contributed by atoms with Crippen molar-refractivity contribution >= 4 is 15.2 Å². The van der Waals surface area contributed by atoms with E-state index in [0.29, 0.717) is 33.2 Å². The second kappa shape index (κ2) is 7.14. The first-order valence-electron chi connectivity index (χ1n) is 6.21. The van der Waals surface area contributed by atoms with E-state index >= 15 is 0 Å². The van der Waals surface area contributed by atoms with Crippen molar-refractivity contribution in [3.63, 3.8) is 0 Å². The highest BCUT2D eigenvalue weighted by atomic mass is 31.2. The molecule has 21 heavy (non-hydrogen) atoms. The van der Waals surface area contributed by atoms with E-state index in [9.17, 15) is 24.2 Å². The van der Waals surface area contributed by atoms with Gasteiger partial charge in [0.2, 0.25) is 0 Å². The van der Waals surface area contributed by atoms with Crippen LogP contribution in [0.5, 0.6) is 0 Å². The molecule has 0 aromatic rings. The number of aliphatic hydroxyl groups excluding tert-OH is 1. The van der Waals surface area contributed by atoms with Crippen molar-refractivity contribution in [2.24, 2.45) is 0 Å². The highest BCUT2D eigenvalue weighted by Gasteiger charge is 2.57. The molecule has 0 aromatic heterocycles. The summed E-state index contributed by atoms with van der Waals surface area (Å²) < 4.78 is 32.3. The molecule has 1 aliphatic heterocycles. The van der Waals surface area contributed by atoms with Gasteiger partial charge < -0.3 is 34.2 Å². The summed E-state index contributed by atoms with van der Waals surface area (Å²) in [6.45, 7) is 2.24. The Morgan fingerprint density at radius 3 is 2.29 bits per heavy atom. The van der Waals surface area contributed by atoms with E-state index in [0.717, 1.165) is 0 Å². The highest BCUT2D eigenvalue weighted by molar-refractivity contribution is 7.72. The molecular weight excluding hydrogens is 328 g/mol. The second-order valence-electron chi connectivity index (χ2n) is 4.90. The lowest BCUT2D eigenvalue weighted by Crippen LogP contribution is -2.42. The van der Waals surface area contributed by atoms with E-state index in [1.54, 1.807) is 0 Å². The maximum Gasteiger partial charge on any atom is 0.371 e. The molecule has 1 fully saturated rings. The van der Waals surface area contributed by atoms with Gasteiger partial charge in [-0.25, -0.2) is 0 Å². The fourth-order valence-corrected chi connectivity index (χ4v) is 3.72. The lowest BCUT2D eigenvalue weighted by atomic mass is 10.3. The quantitative estimate of drug-likeness (QED) is 0.351. The Bertz CT molecular complexity index is 431. The number of β-amino-alcohol motifs (C(OH)–C–C–N with tert-alkyl or cyclic N) is 1. The van der Waals surface area contributed by atoms with Crippen molar-refractivity contribution < 1.29 is 43.3 Å². The predicted octanol–water partition coefficient (Wildman–Crippen LogP) is -1.27. The summed E-state index contributed by atoms with van der Waals surface area (Å²) in [7, 11) is -10.3. The summed E-state index contributed by atoms with van der Waals surface area (Å²) in [5.41, 5.74) is 0. The summed E-state index contributed by atoms with van der Waals surface area (Å²) in [4.78, 5) is 29.1. The number of rotatable bonds is 7. The number of hydrogen-bond acceptors (Lipinski definition) is 7. The van der Waals surface area contributed by atoms with Gasteiger partial charge in [-0.1, -0.05) is 0 Å². The molecule has 126 valence electrons. The monoisotopic (exact) mass is 349 g/mol. The van der Waals surface area contributed by atoms with Crippen LogP contribution in [-0.4, -0.2) is 80.4 Å². The average Bonchev–Trinajstić information content (AvgIpc) is 2.36. The topological polar surface area (TPSA) is 157 Å². The van der Waals surface area contributed by atoms with Gasteiger partial charge in [-0.05, 0) is 6.92 Å². The Balaban J connectivity index is 2.52. The first-order valence-corrected chi connectivity index (χ1v) is 9.40. The third kappa shape index (κ3) is 5.07. The Labute approximate surface area is 122 Å². The van der Waals surface area contributed by atoms with E-state index in [4.69, 9.17) is 14.5 Å². The van der Waals surface area contributed by atoms with Gasteiger partial charge >= 0.3 is 15.2 Å². The zero-order valence-corrected chi connectivity index (χ0v) is 13.3.